The molecule has 0 saturated carbocycles. The summed E-state index contributed by atoms with van der Waals surface area (Å²) in [6, 6.07) is 0. The molecule has 0 heterocycles. The van der Waals surface area contributed by atoms with E-state index in [4.69, 9.17) is 18.9 Å². The van der Waals surface area contributed by atoms with Gasteiger partial charge in [-0.2, -0.15) is 0 Å². The largest absolute Gasteiger partial charge is 0.477 e. The first-order valence-electron chi connectivity index (χ1n) is 36.7. The summed E-state index contributed by atoms with van der Waals surface area (Å²) in [4.78, 5) is 37.6. The zero-order valence-corrected chi connectivity index (χ0v) is 56.0. The molecule has 0 aliphatic heterocycles. The Labute approximate surface area is 511 Å². The standard InChI is InChI=1S/C73H143NO8/c1-6-8-10-12-14-16-18-20-22-24-26-28-30-32-34-35-36-38-40-42-44-46-48-50-52-54-56-58-60-62-64-71(76)82-69(68-81-73(72(77)78)79-66-65-74(3,4)5)67-80-70(75)63-61-59-57-55-53-51-49-47-45-43-41-39-37-33-31-29-27-25-23-21-19-17-15-13-11-9-7-2/h69,73H,6-68H2,1-5H3/p+1. The number of carboxylic acid groups (broad SMARTS) is 1. The first-order valence-corrected chi connectivity index (χ1v) is 36.7. The van der Waals surface area contributed by atoms with E-state index in [0.29, 0.717) is 17.4 Å². The third kappa shape index (κ3) is 65.8. The van der Waals surface area contributed by atoms with E-state index in [1.54, 1.807) is 0 Å². The Kier molecular flexibility index (Phi) is 63.9. The number of carboxylic acids is 1. The lowest BCUT2D eigenvalue weighted by Gasteiger charge is -2.25. The lowest BCUT2D eigenvalue weighted by atomic mass is 10.0. The predicted octanol–water partition coefficient (Wildman–Crippen LogP) is 22.6. The number of ether oxygens (including phenoxy) is 4. The maximum atomic E-state index is 13.0. The van der Waals surface area contributed by atoms with Gasteiger partial charge in [-0.05, 0) is 12.8 Å². The quantitative estimate of drug-likeness (QED) is 0.0278. The van der Waals surface area contributed by atoms with Crippen molar-refractivity contribution in [2.45, 2.75) is 405 Å². The van der Waals surface area contributed by atoms with Gasteiger partial charge in [-0.15, -0.1) is 0 Å². The van der Waals surface area contributed by atoms with E-state index >= 15 is 0 Å². The minimum Gasteiger partial charge on any atom is -0.477 e. The summed E-state index contributed by atoms with van der Waals surface area (Å²) in [6.45, 7) is 4.98. The van der Waals surface area contributed by atoms with Crippen LogP contribution < -0.4 is 0 Å². The van der Waals surface area contributed by atoms with Crippen LogP contribution in [0.15, 0.2) is 0 Å². The number of nitrogens with zero attached hydrogens (tertiary/aromatic N) is 1. The Balaban J connectivity index is 4.01. The molecule has 0 saturated heterocycles. The summed E-state index contributed by atoms with van der Waals surface area (Å²) in [5.74, 6) is -1.96. The number of aliphatic carboxylic acids is 1. The van der Waals surface area contributed by atoms with Gasteiger partial charge in [-0.3, -0.25) is 9.59 Å². The van der Waals surface area contributed by atoms with Crippen LogP contribution in [0.4, 0.5) is 0 Å². The van der Waals surface area contributed by atoms with E-state index < -0.39 is 18.4 Å². The number of carbonyl (C=O) groups excluding carboxylic acids is 2. The van der Waals surface area contributed by atoms with Crippen LogP contribution in [-0.4, -0.2) is 87.4 Å². The van der Waals surface area contributed by atoms with Crippen LogP contribution in [-0.2, 0) is 33.3 Å². The van der Waals surface area contributed by atoms with Crippen molar-refractivity contribution in [2.24, 2.45) is 0 Å². The molecule has 2 unspecified atom stereocenters. The van der Waals surface area contributed by atoms with Crippen LogP contribution in [0.3, 0.4) is 0 Å². The molecule has 0 aromatic carbocycles. The normalized spacial score (nSPS) is 12.5. The monoisotopic (exact) mass is 1160 g/mol. The summed E-state index contributed by atoms with van der Waals surface area (Å²) in [5.41, 5.74) is 0. The van der Waals surface area contributed by atoms with Crippen molar-refractivity contribution in [3.63, 3.8) is 0 Å². The first kappa shape index (κ1) is 80.3. The third-order valence-corrected chi connectivity index (χ3v) is 17.1. The van der Waals surface area contributed by atoms with E-state index in [1.165, 1.54) is 327 Å². The molecule has 1 N–H and O–H groups in total. The second-order valence-corrected chi connectivity index (χ2v) is 26.6. The van der Waals surface area contributed by atoms with Crippen LogP contribution in [0, 0.1) is 0 Å². The van der Waals surface area contributed by atoms with Gasteiger partial charge in [0.1, 0.15) is 13.2 Å². The lowest BCUT2D eigenvalue weighted by Crippen LogP contribution is -2.40. The van der Waals surface area contributed by atoms with Crippen molar-refractivity contribution < 1.29 is 42.9 Å². The van der Waals surface area contributed by atoms with E-state index in [-0.39, 0.29) is 38.2 Å². The van der Waals surface area contributed by atoms with E-state index in [1.807, 2.05) is 21.1 Å². The average Bonchev–Trinajstić information content (AvgIpc) is 3.47. The molecule has 0 rings (SSSR count). The highest BCUT2D eigenvalue weighted by molar-refractivity contribution is 5.71. The fourth-order valence-electron chi connectivity index (χ4n) is 11.5. The van der Waals surface area contributed by atoms with Crippen molar-refractivity contribution in [3.8, 4) is 0 Å². The second-order valence-electron chi connectivity index (χ2n) is 26.6. The zero-order chi connectivity index (χ0) is 59.8. The van der Waals surface area contributed by atoms with Gasteiger partial charge < -0.3 is 28.5 Å². The van der Waals surface area contributed by atoms with Gasteiger partial charge in [0.25, 0.3) is 6.29 Å². The van der Waals surface area contributed by atoms with Crippen molar-refractivity contribution in [1.82, 2.24) is 0 Å². The summed E-state index contributed by atoms with van der Waals surface area (Å²) < 4.78 is 23.0. The highest BCUT2D eigenvalue weighted by Crippen LogP contribution is 2.20. The first-order chi connectivity index (χ1) is 40.1. The smallest absolute Gasteiger partial charge is 0.361 e. The minimum atomic E-state index is -1.50. The van der Waals surface area contributed by atoms with Crippen LogP contribution in [0.25, 0.3) is 0 Å². The van der Waals surface area contributed by atoms with Crippen molar-refractivity contribution in [3.05, 3.63) is 0 Å². The Morgan fingerprint density at radius 2 is 0.549 bits per heavy atom. The molecule has 0 aliphatic rings. The lowest BCUT2D eigenvalue weighted by molar-refractivity contribution is -0.870. The number of esters is 2. The van der Waals surface area contributed by atoms with Gasteiger partial charge in [-0.1, -0.05) is 367 Å². The summed E-state index contributed by atoms with van der Waals surface area (Å²) in [7, 11) is 6.00. The Morgan fingerprint density at radius 3 is 0.780 bits per heavy atom. The fraction of sp³-hybridized carbons (Fsp3) is 0.959. The summed E-state index contributed by atoms with van der Waals surface area (Å²) in [5, 5.41) is 9.75. The van der Waals surface area contributed by atoms with Crippen LogP contribution in [0.2, 0.25) is 0 Å². The molecule has 82 heavy (non-hydrogen) atoms. The van der Waals surface area contributed by atoms with Crippen LogP contribution in [0.1, 0.15) is 393 Å². The molecule has 0 spiro atoms. The van der Waals surface area contributed by atoms with Gasteiger partial charge in [0.05, 0.1) is 34.4 Å². The summed E-state index contributed by atoms with van der Waals surface area (Å²) >= 11 is 0. The third-order valence-electron chi connectivity index (χ3n) is 17.1. The number of hydrogen-bond acceptors (Lipinski definition) is 7. The van der Waals surface area contributed by atoms with Gasteiger partial charge in [0.15, 0.2) is 6.10 Å². The molecule has 0 aliphatic carbocycles. The SMILES string of the molecule is CCCCCCCCCCCCCCCCCCCCCCCCCCCCCCCCC(=O)OC(COC(=O)CCCCCCCCCCCCCCCCCCCCCCCCCCCCC)COC(OCC[N+](C)(C)C)C(=O)O. The minimum absolute atomic E-state index is 0.172. The molecular weight excluding hydrogens is 1020 g/mol. The molecule has 0 fully saturated rings. The van der Waals surface area contributed by atoms with E-state index in [0.717, 1.165) is 38.5 Å². The summed E-state index contributed by atoms with van der Waals surface area (Å²) in [6.07, 6.45) is 75.2. The predicted molar refractivity (Wildman–Crippen MR) is 351 cm³/mol. The zero-order valence-electron chi connectivity index (χ0n) is 56.0. The Morgan fingerprint density at radius 1 is 0.317 bits per heavy atom. The molecule has 488 valence electrons. The van der Waals surface area contributed by atoms with Crippen molar-refractivity contribution in [1.29, 1.82) is 0 Å². The molecule has 9 heteroatoms. The number of unbranched alkanes of at least 4 members (excludes halogenated alkanes) is 55. The van der Waals surface area contributed by atoms with Gasteiger partial charge in [0.2, 0.25) is 0 Å². The van der Waals surface area contributed by atoms with E-state index in [9.17, 15) is 19.5 Å². The molecular formula is C73H144NO8+. The van der Waals surface area contributed by atoms with Crippen molar-refractivity contribution >= 4 is 17.9 Å². The number of rotatable bonds is 70. The Bertz CT molecular complexity index is 1300. The maximum Gasteiger partial charge on any atom is 0.361 e. The van der Waals surface area contributed by atoms with Crippen molar-refractivity contribution in [2.75, 3.05) is 47.5 Å². The van der Waals surface area contributed by atoms with Crippen LogP contribution in [0.5, 0.6) is 0 Å². The number of carbonyl (C=O) groups is 3. The average molecular weight is 1160 g/mol. The molecule has 0 bridgehead atoms. The van der Waals surface area contributed by atoms with Gasteiger partial charge in [-0.25, -0.2) is 4.79 Å². The number of hydrogen-bond donors (Lipinski definition) is 1. The molecule has 0 amide bonds. The highest BCUT2D eigenvalue weighted by Gasteiger charge is 2.25. The molecule has 9 nitrogen and oxygen atoms in total. The number of quaternary nitrogens is 1. The highest BCUT2D eigenvalue weighted by atomic mass is 16.7. The maximum absolute atomic E-state index is 13.0. The van der Waals surface area contributed by atoms with Gasteiger partial charge in [0, 0.05) is 12.8 Å². The second kappa shape index (κ2) is 65.3. The Hall–Kier alpha value is -1.71. The topological polar surface area (TPSA) is 108 Å². The fourth-order valence-corrected chi connectivity index (χ4v) is 11.5. The molecule has 0 aromatic heterocycles. The molecule has 0 radical (unpaired) electrons. The molecule has 0 aromatic rings. The number of likely N-dealkylation sites (N-methyl/N-ethyl adjacent to an activating group) is 1. The van der Waals surface area contributed by atoms with Crippen LogP contribution >= 0.6 is 0 Å². The van der Waals surface area contributed by atoms with E-state index in [2.05, 4.69) is 13.8 Å². The van der Waals surface area contributed by atoms with Gasteiger partial charge >= 0.3 is 17.9 Å². The molecule has 2 atom stereocenters.